The summed E-state index contributed by atoms with van der Waals surface area (Å²) in [5, 5.41) is 5.35. The molecule has 0 saturated carbocycles. The van der Waals surface area contributed by atoms with Gasteiger partial charge in [-0.3, -0.25) is 0 Å². The van der Waals surface area contributed by atoms with Crippen molar-refractivity contribution in [3.63, 3.8) is 0 Å². The van der Waals surface area contributed by atoms with Gasteiger partial charge in [0.15, 0.2) is 0 Å². The van der Waals surface area contributed by atoms with E-state index in [1.807, 2.05) is 26.8 Å². The average Bonchev–Trinajstić information content (AvgIpc) is 2.46. The number of piperidine rings is 1. The van der Waals surface area contributed by atoms with Crippen LogP contribution in [0.4, 0.5) is 0 Å². The maximum absolute atomic E-state index is 11.9. The summed E-state index contributed by atoms with van der Waals surface area (Å²) in [5.74, 6) is -0.161. The van der Waals surface area contributed by atoms with Crippen LogP contribution in [0.1, 0.15) is 39.2 Å². The third-order valence-electron chi connectivity index (χ3n) is 3.65. The molecule has 0 bridgehead atoms. The number of hydroxylamine groups is 2. The van der Waals surface area contributed by atoms with Crippen LogP contribution in [-0.2, 0) is 16.2 Å². The summed E-state index contributed by atoms with van der Waals surface area (Å²) in [6.45, 7) is 8.08. The normalized spacial score (nSPS) is 20.2. The van der Waals surface area contributed by atoms with Gasteiger partial charge in [0.25, 0.3) is 0 Å². The second-order valence-electron chi connectivity index (χ2n) is 6.72. The lowest BCUT2D eigenvalue weighted by Gasteiger charge is -2.33. The summed E-state index contributed by atoms with van der Waals surface area (Å²) in [7, 11) is 0. The van der Waals surface area contributed by atoms with E-state index < -0.39 is 5.41 Å². The number of rotatable bonds is 4. The lowest BCUT2D eigenvalue weighted by Crippen LogP contribution is -2.47. The van der Waals surface area contributed by atoms with E-state index in [0.717, 1.165) is 32.5 Å². The summed E-state index contributed by atoms with van der Waals surface area (Å²) < 4.78 is 0. The number of benzene rings is 1. The lowest BCUT2D eigenvalue weighted by molar-refractivity contribution is -0.205. The first-order valence-electron chi connectivity index (χ1n) is 7.70. The first kappa shape index (κ1) is 16.0. The Kier molecular flexibility index (Phi) is 5.37. The van der Waals surface area contributed by atoms with Crippen molar-refractivity contribution in [2.24, 2.45) is 5.41 Å². The molecule has 0 amide bonds. The molecule has 1 aliphatic heterocycles. The van der Waals surface area contributed by atoms with Crippen LogP contribution in [0.15, 0.2) is 30.3 Å². The van der Waals surface area contributed by atoms with Crippen molar-refractivity contribution in [1.82, 2.24) is 10.4 Å². The third kappa shape index (κ3) is 5.14. The van der Waals surface area contributed by atoms with Crippen molar-refractivity contribution >= 4 is 5.97 Å². The number of nitrogens with one attached hydrogen (secondary N) is 1. The second-order valence-corrected chi connectivity index (χ2v) is 6.72. The van der Waals surface area contributed by atoms with Crippen LogP contribution in [0.5, 0.6) is 0 Å². The van der Waals surface area contributed by atoms with Gasteiger partial charge < -0.3 is 10.2 Å². The minimum atomic E-state index is -0.454. The van der Waals surface area contributed by atoms with E-state index in [1.165, 1.54) is 5.56 Å². The van der Waals surface area contributed by atoms with E-state index in [9.17, 15) is 4.79 Å². The standard InChI is InChI=1S/C17H26N2O2/c1-17(2,3)16(20)21-19-11-7-10-15(13-19)18-12-14-8-5-4-6-9-14/h4-6,8-9,15,18H,7,10-13H2,1-3H3/t15-/m1/s1. The Morgan fingerprint density at radius 2 is 2.05 bits per heavy atom. The van der Waals surface area contributed by atoms with Gasteiger partial charge in [-0.1, -0.05) is 30.3 Å². The van der Waals surface area contributed by atoms with Gasteiger partial charge in [0, 0.05) is 19.1 Å². The molecule has 0 radical (unpaired) electrons. The van der Waals surface area contributed by atoms with Crippen LogP contribution < -0.4 is 5.32 Å². The molecule has 4 heteroatoms. The van der Waals surface area contributed by atoms with Gasteiger partial charge in [-0.2, -0.15) is 0 Å². The molecule has 116 valence electrons. The number of carbonyl (C=O) groups is 1. The fourth-order valence-electron chi connectivity index (χ4n) is 2.30. The maximum atomic E-state index is 11.9. The minimum Gasteiger partial charge on any atom is -0.367 e. The van der Waals surface area contributed by atoms with E-state index in [2.05, 4.69) is 29.6 Å². The molecule has 21 heavy (non-hydrogen) atoms. The van der Waals surface area contributed by atoms with Gasteiger partial charge in [-0.15, -0.1) is 5.06 Å². The molecular weight excluding hydrogens is 264 g/mol. The molecule has 1 aromatic carbocycles. The highest BCUT2D eigenvalue weighted by atomic mass is 16.7. The summed E-state index contributed by atoms with van der Waals surface area (Å²) in [6, 6.07) is 10.7. The van der Waals surface area contributed by atoms with E-state index in [1.54, 1.807) is 5.06 Å². The van der Waals surface area contributed by atoms with Crippen LogP contribution in [0.25, 0.3) is 0 Å². The molecule has 0 spiro atoms. The molecule has 0 aromatic heterocycles. The van der Waals surface area contributed by atoms with E-state index in [-0.39, 0.29) is 5.97 Å². The Morgan fingerprint density at radius 1 is 1.33 bits per heavy atom. The maximum Gasteiger partial charge on any atom is 0.330 e. The predicted octanol–water partition coefficient (Wildman–Crippen LogP) is 2.74. The summed E-state index contributed by atoms with van der Waals surface area (Å²) >= 11 is 0. The number of hydrogen-bond acceptors (Lipinski definition) is 4. The molecule has 1 N–H and O–H groups in total. The van der Waals surface area contributed by atoms with Crippen molar-refractivity contribution in [2.75, 3.05) is 13.1 Å². The van der Waals surface area contributed by atoms with Crippen LogP contribution in [0, 0.1) is 5.41 Å². The molecular formula is C17H26N2O2. The van der Waals surface area contributed by atoms with Crippen LogP contribution in [0.2, 0.25) is 0 Å². The molecule has 1 aromatic rings. The molecule has 2 rings (SSSR count). The van der Waals surface area contributed by atoms with Crippen molar-refractivity contribution in [1.29, 1.82) is 0 Å². The van der Waals surface area contributed by atoms with Gasteiger partial charge in [0.05, 0.1) is 12.0 Å². The van der Waals surface area contributed by atoms with Crippen molar-refractivity contribution < 1.29 is 9.63 Å². The Hall–Kier alpha value is -1.39. The van der Waals surface area contributed by atoms with Gasteiger partial charge in [0.2, 0.25) is 0 Å². The molecule has 1 fully saturated rings. The fourth-order valence-corrected chi connectivity index (χ4v) is 2.30. The molecule has 1 atom stereocenters. The zero-order chi connectivity index (χ0) is 15.3. The van der Waals surface area contributed by atoms with Crippen molar-refractivity contribution in [3.8, 4) is 0 Å². The molecule has 0 unspecified atom stereocenters. The first-order valence-corrected chi connectivity index (χ1v) is 7.70. The Morgan fingerprint density at radius 3 is 2.71 bits per heavy atom. The van der Waals surface area contributed by atoms with Crippen LogP contribution in [0.3, 0.4) is 0 Å². The molecule has 1 heterocycles. The van der Waals surface area contributed by atoms with Crippen LogP contribution >= 0.6 is 0 Å². The highest BCUT2D eigenvalue weighted by Gasteiger charge is 2.28. The van der Waals surface area contributed by atoms with Gasteiger partial charge in [0.1, 0.15) is 0 Å². The van der Waals surface area contributed by atoms with E-state index >= 15 is 0 Å². The quantitative estimate of drug-likeness (QED) is 0.926. The second kappa shape index (κ2) is 7.05. The largest absolute Gasteiger partial charge is 0.367 e. The summed E-state index contributed by atoms with van der Waals surface area (Å²) in [6.07, 6.45) is 2.17. The zero-order valence-electron chi connectivity index (χ0n) is 13.3. The van der Waals surface area contributed by atoms with E-state index in [4.69, 9.17) is 4.84 Å². The molecule has 1 aliphatic rings. The van der Waals surface area contributed by atoms with Crippen molar-refractivity contribution in [2.45, 2.75) is 46.2 Å². The molecule has 1 saturated heterocycles. The predicted molar refractivity (Wildman–Crippen MR) is 83.4 cm³/mol. The Labute approximate surface area is 127 Å². The van der Waals surface area contributed by atoms with E-state index in [0.29, 0.717) is 6.04 Å². The highest BCUT2D eigenvalue weighted by molar-refractivity contribution is 5.75. The zero-order valence-corrected chi connectivity index (χ0v) is 13.3. The first-order chi connectivity index (χ1) is 9.95. The molecule has 4 nitrogen and oxygen atoms in total. The smallest absolute Gasteiger partial charge is 0.330 e. The number of hydrogen-bond donors (Lipinski definition) is 1. The lowest BCUT2D eigenvalue weighted by atomic mass is 9.98. The minimum absolute atomic E-state index is 0.161. The topological polar surface area (TPSA) is 41.6 Å². The fraction of sp³-hybridized carbons (Fsp3) is 0.588. The van der Waals surface area contributed by atoms with Crippen molar-refractivity contribution in [3.05, 3.63) is 35.9 Å². The Bertz CT molecular complexity index is 454. The number of carbonyl (C=O) groups excluding carboxylic acids is 1. The summed E-state index contributed by atoms with van der Waals surface area (Å²) in [5.41, 5.74) is 0.825. The average molecular weight is 290 g/mol. The van der Waals surface area contributed by atoms with Gasteiger partial charge >= 0.3 is 5.97 Å². The third-order valence-corrected chi connectivity index (χ3v) is 3.65. The van der Waals surface area contributed by atoms with Crippen LogP contribution in [-0.4, -0.2) is 30.2 Å². The SMILES string of the molecule is CC(C)(C)C(=O)ON1CCC[C@@H](NCc2ccccc2)C1. The van der Waals surface area contributed by atoms with Gasteiger partial charge in [-0.25, -0.2) is 4.79 Å². The molecule has 0 aliphatic carbocycles. The Balaban J connectivity index is 1.79. The van der Waals surface area contributed by atoms with Gasteiger partial charge in [-0.05, 0) is 39.2 Å². The highest BCUT2D eigenvalue weighted by Crippen LogP contribution is 2.18. The summed E-state index contributed by atoms with van der Waals surface area (Å²) in [4.78, 5) is 17.4. The number of nitrogens with zero attached hydrogens (tertiary/aromatic N) is 1. The monoisotopic (exact) mass is 290 g/mol.